The van der Waals surface area contributed by atoms with Gasteiger partial charge in [0.15, 0.2) is 5.96 Å². The van der Waals surface area contributed by atoms with Gasteiger partial charge >= 0.3 is 0 Å². The van der Waals surface area contributed by atoms with Gasteiger partial charge in [-0.15, -0.1) is 0 Å². The normalized spacial score (nSPS) is 14.4. The van der Waals surface area contributed by atoms with Gasteiger partial charge in [0.05, 0.1) is 6.04 Å². The van der Waals surface area contributed by atoms with Crippen molar-refractivity contribution < 1.29 is 24.0 Å². The van der Waals surface area contributed by atoms with Gasteiger partial charge in [-0.25, -0.2) is 0 Å². The number of rotatable bonds is 20. The van der Waals surface area contributed by atoms with Gasteiger partial charge in [-0.1, -0.05) is 58.0 Å². The molecule has 0 spiro atoms. The third-order valence-corrected chi connectivity index (χ3v) is 6.90. The number of primary amides is 1. The van der Waals surface area contributed by atoms with Crippen LogP contribution >= 0.6 is 0 Å². The number of hydrogen-bond acceptors (Lipinski definition) is 7. The van der Waals surface area contributed by atoms with Crippen LogP contribution in [0.25, 0.3) is 0 Å². The van der Waals surface area contributed by atoms with Gasteiger partial charge in [0.1, 0.15) is 24.2 Å². The summed E-state index contributed by atoms with van der Waals surface area (Å²) < 4.78 is 0. The fourth-order valence-corrected chi connectivity index (χ4v) is 4.54. The molecule has 0 aromatic heterocycles. The molecule has 0 aliphatic rings. The third-order valence-electron chi connectivity index (χ3n) is 6.90. The number of benzene rings is 1. The van der Waals surface area contributed by atoms with Crippen LogP contribution in [0.4, 0.5) is 0 Å². The van der Waals surface area contributed by atoms with Crippen LogP contribution in [0.15, 0.2) is 35.3 Å². The minimum absolute atomic E-state index is 0.00363. The number of nitrogens with two attached hydrogens (primary N) is 4. The lowest BCUT2D eigenvalue weighted by Crippen LogP contribution is -2.59. The molecule has 14 heteroatoms. The highest BCUT2D eigenvalue weighted by molar-refractivity contribution is 5.95. The molecule has 1 rings (SSSR count). The summed E-state index contributed by atoms with van der Waals surface area (Å²) in [6.45, 7) is 9.34. The van der Waals surface area contributed by atoms with Crippen molar-refractivity contribution in [2.45, 2.75) is 103 Å². The summed E-state index contributed by atoms with van der Waals surface area (Å²) in [5.74, 6) is -3.00. The average Bonchev–Trinajstić information content (AvgIpc) is 2.95. The van der Waals surface area contributed by atoms with Gasteiger partial charge in [0.25, 0.3) is 0 Å². The molecule has 5 amide bonds. The van der Waals surface area contributed by atoms with Crippen molar-refractivity contribution >= 4 is 35.5 Å². The smallest absolute Gasteiger partial charge is 0.243 e. The summed E-state index contributed by atoms with van der Waals surface area (Å²) in [5.41, 5.74) is 22.9. The van der Waals surface area contributed by atoms with E-state index >= 15 is 0 Å². The highest BCUT2D eigenvalue weighted by atomic mass is 16.2. The zero-order valence-electron chi connectivity index (χ0n) is 27.2. The maximum absolute atomic E-state index is 13.6. The highest BCUT2D eigenvalue weighted by Gasteiger charge is 2.32. The minimum Gasteiger partial charge on any atom is -0.370 e. The number of nitrogens with one attached hydrogen (secondary N) is 4. The molecule has 0 saturated carbocycles. The fraction of sp³-hybridized carbons (Fsp3) is 0.613. The Hall–Kier alpha value is -4.20. The Bertz CT molecular complexity index is 1140. The lowest BCUT2D eigenvalue weighted by atomic mass is 9.99. The van der Waals surface area contributed by atoms with Gasteiger partial charge in [-0.05, 0) is 62.8 Å². The monoisotopic (exact) mass is 631 g/mol. The van der Waals surface area contributed by atoms with E-state index in [1.54, 1.807) is 0 Å². The Morgan fingerprint density at radius 2 is 1.13 bits per heavy atom. The van der Waals surface area contributed by atoms with E-state index in [4.69, 9.17) is 22.9 Å². The summed E-state index contributed by atoms with van der Waals surface area (Å²) >= 11 is 0. The molecule has 5 atom stereocenters. The number of guanidine groups is 1. The van der Waals surface area contributed by atoms with Crippen LogP contribution in [0, 0.1) is 11.8 Å². The first kappa shape index (κ1) is 38.8. The molecule has 12 N–H and O–H groups in total. The Balaban J connectivity index is 3.11. The van der Waals surface area contributed by atoms with E-state index in [1.165, 1.54) is 6.92 Å². The van der Waals surface area contributed by atoms with Crippen molar-refractivity contribution in [2.75, 3.05) is 6.54 Å². The largest absolute Gasteiger partial charge is 0.370 e. The van der Waals surface area contributed by atoms with E-state index in [0.29, 0.717) is 12.8 Å². The SMILES string of the molecule is CC(C)C[C@H](NC(=O)[C@H](CC(C)C)NC(=O)[C@H](CCc1ccccc1)NC(=O)[C@H](C)N)C(=O)N[C@@H](CCCN=C(N)N)C(N)=O. The molecule has 1 aromatic rings. The van der Waals surface area contributed by atoms with E-state index in [1.807, 2.05) is 58.0 Å². The topological polar surface area (TPSA) is 250 Å². The summed E-state index contributed by atoms with van der Waals surface area (Å²) in [7, 11) is 0. The van der Waals surface area contributed by atoms with Gasteiger partial charge in [-0.3, -0.25) is 29.0 Å². The Morgan fingerprint density at radius 3 is 1.58 bits per heavy atom. The second kappa shape index (κ2) is 20.0. The molecular weight excluding hydrogens is 578 g/mol. The Kier molecular flexibility index (Phi) is 17.2. The molecule has 0 heterocycles. The van der Waals surface area contributed by atoms with Gasteiger partial charge < -0.3 is 44.2 Å². The molecule has 0 aliphatic heterocycles. The minimum atomic E-state index is -1.00. The second-order valence-electron chi connectivity index (χ2n) is 12.2. The molecule has 252 valence electrons. The lowest BCUT2D eigenvalue weighted by molar-refractivity contribution is -0.135. The number of aliphatic imine (C=N–C) groups is 1. The summed E-state index contributed by atoms with van der Waals surface area (Å²) in [6.07, 6.45) is 1.91. The van der Waals surface area contributed by atoms with Crippen molar-refractivity contribution in [3.63, 3.8) is 0 Å². The van der Waals surface area contributed by atoms with Gasteiger partial charge in [0.2, 0.25) is 29.5 Å². The summed E-state index contributed by atoms with van der Waals surface area (Å²) in [4.78, 5) is 68.8. The number of carbonyl (C=O) groups excluding carboxylic acids is 5. The Morgan fingerprint density at radius 1 is 0.667 bits per heavy atom. The average molecular weight is 632 g/mol. The third kappa shape index (κ3) is 15.9. The van der Waals surface area contributed by atoms with E-state index in [-0.39, 0.29) is 50.0 Å². The first-order valence-electron chi connectivity index (χ1n) is 15.5. The van der Waals surface area contributed by atoms with Crippen molar-refractivity contribution in [1.29, 1.82) is 0 Å². The molecule has 45 heavy (non-hydrogen) atoms. The number of carbonyl (C=O) groups is 5. The maximum atomic E-state index is 13.6. The van der Waals surface area contributed by atoms with Crippen molar-refractivity contribution in [1.82, 2.24) is 21.3 Å². The summed E-state index contributed by atoms with van der Waals surface area (Å²) in [6, 6.07) is 4.71. The van der Waals surface area contributed by atoms with Crippen LogP contribution in [-0.2, 0) is 30.4 Å². The van der Waals surface area contributed by atoms with E-state index < -0.39 is 59.7 Å². The number of nitrogens with zero attached hydrogens (tertiary/aromatic N) is 1. The van der Waals surface area contributed by atoms with Crippen LogP contribution in [0.3, 0.4) is 0 Å². The molecule has 0 unspecified atom stereocenters. The predicted molar refractivity (Wildman–Crippen MR) is 174 cm³/mol. The molecular formula is C31H53N9O5. The first-order chi connectivity index (χ1) is 21.1. The molecule has 14 nitrogen and oxygen atoms in total. The van der Waals surface area contributed by atoms with E-state index in [9.17, 15) is 24.0 Å². The predicted octanol–water partition coefficient (Wildman–Crippen LogP) is -0.463. The van der Waals surface area contributed by atoms with Crippen LogP contribution in [0.2, 0.25) is 0 Å². The number of hydrogen-bond donors (Lipinski definition) is 8. The van der Waals surface area contributed by atoms with Crippen molar-refractivity contribution in [2.24, 2.45) is 39.8 Å². The van der Waals surface area contributed by atoms with Gasteiger partial charge in [0, 0.05) is 6.54 Å². The zero-order valence-corrected chi connectivity index (χ0v) is 27.2. The van der Waals surface area contributed by atoms with Crippen LogP contribution in [0.5, 0.6) is 0 Å². The fourth-order valence-electron chi connectivity index (χ4n) is 4.54. The molecule has 0 bridgehead atoms. The van der Waals surface area contributed by atoms with Gasteiger partial charge in [-0.2, -0.15) is 0 Å². The molecule has 1 aromatic carbocycles. The Labute approximate surface area is 266 Å². The summed E-state index contributed by atoms with van der Waals surface area (Å²) in [5, 5.41) is 10.9. The number of amides is 5. The van der Waals surface area contributed by atoms with Crippen LogP contribution in [-0.4, -0.2) is 72.2 Å². The lowest BCUT2D eigenvalue weighted by Gasteiger charge is -2.28. The first-order valence-corrected chi connectivity index (χ1v) is 15.5. The van der Waals surface area contributed by atoms with Crippen molar-refractivity contribution in [3.05, 3.63) is 35.9 Å². The quantitative estimate of drug-likeness (QED) is 0.0530. The highest BCUT2D eigenvalue weighted by Crippen LogP contribution is 2.12. The molecule has 0 fully saturated rings. The second-order valence-corrected chi connectivity index (χ2v) is 12.2. The van der Waals surface area contributed by atoms with Crippen molar-refractivity contribution in [3.8, 4) is 0 Å². The van der Waals surface area contributed by atoms with E-state index in [2.05, 4.69) is 26.3 Å². The molecule has 0 saturated heterocycles. The molecule has 0 aliphatic carbocycles. The van der Waals surface area contributed by atoms with E-state index in [0.717, 1.165) is 5.56 Å². The van der Waals surface area contributed by atoms with Crippen LogP contribution < -0.4 is 44.2 Å². The van der Waals surface area contributed by atoms with Crippen LogP contribution in [0.1, 0.15) is 72.3 Å². The molecule has 0 radical (unpaired) electrons. The standard InChI is InChI=1S/C31H53N9O5/c1-18(2)16-24(29(44)37-22(26(33)41)12-9-15-36-31(34)35)40-30(45)25(17-19(3)4)39-28(43)23(38-27(42)20(5)32)14-13-21-10-7-6-8-11-21/h6-8,10-11,18-20,22-25H,9,12-17,32H2,1-5H3,(H2,33,41)(H,37,44)(H,38,42)(H,39,43)(H,40,45)(H4,34,35,36)/t20-,22-,23-,24-,25-/m0/s1. The zero-order chi connectivity index (χ0) is 34.1. The number of aryl methyl sites for hydroxylation is 1. The maximum Gasteiger partial charge on any atom is 0.243 e.